The Morgan fingerprint density at radius 2 is 1.59 bits per heavy atom. The van der Waals surface area contributed by atoms with Crippen LogP contribution in [0.5, 0.6) is 0 Å². The maximum atomic E-state index is 13.5. The third-order valence-electron chi connectivity index (χ3n) is 5.76. The van der Waals surface area contributed by atoms with Gasteiger partial charge in [-0.2, -0.15) is 4.31 Å². The molecule has 34 heavy (non-hydrogen) atoms. The van der Waals surface area contributed by atoms with Crippen molar-refractivity contribution >= 4 is 39.1 Å². The number of amides is 1. The Morgan fingerprint density at radius 1 is 0.941 bits per heavy atom. The highest BCUT2D eigenvalue weighted by molar-refractivity contribution is 7.89. The van der Waals surface area contributed by atoms with Gasteiger partial charge in [-0.15, -0.1) is 0 Å². The molecule has 5 nitrogen and oxygen atoms in total. The van der Waals surface area contributed by atoms with Crippen molar-refractivity contribution in [1.82, 2.24) is 9.62 Å². The molecule has 0 saturated carbocycles. The molecule has 8 heteroatoms. The van der Waals surface area contributed by atoms with E-state index in [0.29, 0.717) is 0 Å². The van der Waals surface area contributed by atoms with Gasteiger partial charge in [-0.05, 0) is 73.7 Å². The molecule has 1 unspecified atom stereocenters. The van der Waals surface area contributed by atoms with E-state index in [4.69, 9.17) is 23.2 Å². The first-order valence-corrected chi connectivity index (χ1v) is 13.0. The second-order valence-corrected chi connectivity index (χ2v) is 11.2. The van der Waals surface area contributed by atoms with Gasteiger partial charge < -0.3 is 5.32 Å². The largest absolute Gasteiger partial charge is 0.348 e. The molecule has 0 heterocycles. The standard InChI is InChI=1S/C26H28Cl2N2O3S/c1-17-12-19(3)23(13-18(17)2)20(4)29-26(31)16-30(15-21-8-6-5-7-9-21)34(32,33)25-14-22(27)10-11-24(25)28/h5-14,20H,15-16H2,1-4H3,(H,29,31). The molecule has 3 aromatic rings. The lowest BCUT2D eigenvalue weighted by Gasteiger charge is -2.24. The summed E-state index contributed by atoms with van der Waals surface area (Å²) in [6.07, 6.45) is 0. The van der Waals surface area contributed by atoms with Crippen LogP contribution in [0.3, 0.4) is 0 Å². The molecule has 1 atom stereocenters. The first kappa shape index (κ1) is 26.2. The summed E-state index contributed by atoms with van der Waals surface area (Å²) in [7, 11) is -4.11. The highest BCUT2D eigenvalue weighted by Crippen LogP contribution is 2.29. The van der Waals surface area contributed by atoms with E-state index in [2.05, 4.69) is 17.4 Å². The van der Waals surface area contributed by atoms with Crippen molar-refractivity contribution in [2.24, 2.45) is 0 Å². The Balaban J connectivity index is 1.89. The average Bonchev–Trinajstić information content (AvgIpc) is 2.78. The molecular weight excluding hydrogens is 491 g/mol. The topological polar surface area (TPSA) is 66.5 Å². The van der Waals surface area contributed by atoms with Crippen LogP contribution in [0.15, 0.2) is 65.6 Å². The summed E-state index contributed by atoms with van der Waals surface area (Å²) in [5.74, 6) is -0.414. The minimum Gasteiger partial charge on any atom is -0.348 e. The van der Waals surface area contributed by atoms with Crippen molar-refractivity contribution < 1.29 is 13.2 Å². The molecule has 1 amide bonds. The molecule has 0 aliphatic carbocycles. The highest BCUT2D eigenvalue weighted by Gasteiger charge is 2.29. The van der Waals surface area contributed by atoms with E-state index in [1.807, 2.05) is 45.9 Å². The Bertz CT molecular complexity index is 1290. The molecule has 0 radical (unpaired) electrons. The maximum absolute atomic E-state index is 13.5. The molecule has 3 rings (SSSR count). The number of hydrogen-bond donors (Lipinski definition) is 1. The van der Waals surface area contributed by atoms with Crippen LogP contribution in [-0.2, 0) is 21.4 Å². The molecule has 0 aromatic heterocycles. The number of rotatable bonds is 8. The summed E-state index contributed by atoms with van der Waals surface area (Å²) in [5.41, 5.74) is 5.11. The van der Waals surface area contributed by atoms with E-state index in [1.54, 1.807) is 12.1 Å². The number of hydrogen-bond acceptors (Lipinski definition) is 3. The summed E-state index contributed by atoms with van der Waals surface area (Å²) in [6.45, 7) is 7.60. The van der Waals surface area contributed by atoms with Crippen LogP contribution in [0.1, 0.15) is 40.8 Å². The lowest BCUT2D eigenvalue weighted by atomic mass is 9.96. The third-order valence-corrected chi connectivity index (χ3v) is 8.27. The zero-order valence-electron chi connectivity index (χ0n) is 19.6. The van der Waals surface area contributed by atoms with Crippen molar-refractivity contribution in [3.05, 3.63) is 98.5 Å². The molecule has 0 aliphatic heterocycles. The van der Waals surface area contributed by atoms with Gasteiger partial charge >= 0.3 is 0 Å². The number of nitrogens with one attached hydrogen (secondary N) is 1. The smallest absolute Gasteiger partial charge is 0.245 e. The lowest BCUT2D eigenvalue weighted by Crippen LogP contribution is -2.41. The second kappa shape index (κ2) is 10.9. The van der Waals surface area contributed by atoms with E-state index in [9.17, 15) is 13.2 Å². The van der Waals surface area contributed by atoms with Gasteiger partial charge in [0.1, 0.15) is 4.90 Å². The Morgan fingerprint density at radius 3 is 2.26 bits per heavy atom. The van der Waals surface area contributed by atoms with Crippen LogP contribution >= 0.6 is 23.2 Å². The molecule has 0 saturated heterocycles. The number of benzene rings is 3. The van der Waals surface area contributed by atoms with Crippen molar-refractivity contribution in [1.29, 1.82) is 0 Å². The third kappa shape index (κ3) is 6.19. The normalized spacial score (nSPS) is 12.6. The fourth-order valence-corrected chi connectivity index (χ4v) is 5.92. The van der Waals surface area contributed by atoms with E-state index in [0.717, 1.165) is 26.6 Å². The summed E-state index contributed by atoms with van der Waals surface area (Å²) in [5, 5.41) is 3.23. The minimum atomic E-state index is -4.11. The Hall–Kier alpha value is -2.38. The van der Waals surface area contributed by atoms with Gasteiger partial charge in [0.2, 0.25) is 15.9 Å². The fraction of sp³-hybridized carbons (Fsp3) is 0.269. The number of halogens is 2. The van der Waals surface area contributed by atoms with E-state index in [-0.39, 0.29) is 34.1 Å². The van der Waals surface area contributed by atoms with E-state index in [1.165, 1.54) is 23.8 Å². The molecular formula is C26H28Cl2N2O3S. The van der Waals surface area contributed by atoms with Crippen LogP contribution < -0.4 is 5.32 Å². The molecule has 180 valence electrons. The van der Waals surface area contributed by atoms with Crippen LogP contribution in [0.4, 0.5) is 0 Å². The first-order chi connectivity index (χ1) is 16.0. The molecule has 0 aliphatic rings. The number of carbonyl (C=O) groups is 1. The number of carbonyl (C=O) groups excluding carboxylic acids is 1. The van der Waals surface area contributed by atoms with Crippen molar-refractivity contribution in [3.63, 3.8) is 0 Å². The number of nitrogens with zero attached hydrogens (tertiary/aromatic N) is 1. The van der Waals surface area contributed by atoms with Crippen LogP contribution in [0.2, 0.25) is 10.0 Å². The van der Waals surface area contributed by atoms with Gasteiger partial charge in [-0.3, -0.25) is 4.79 Å². The van der Waals surface area contributed by atoms with Gasteiger partial charge in [-0.25, -0.2) is 8.42 Å². The van der Waals surface area contributed by atoms with Crippen molar-refractivity contribution in [2.45, 2.75) is 45.2 Å². The molecule has 0 fully saturated rings. The van der Waals surface area contributed by atoms with Gasteiger partial charge in [0.15, 0.2) is 0 Å². The van der Waals surface area contributed by atoms with Gasteiger partial charge in [0, 0.05) is 11.6 Å². The van der Waals surface area contributed by atoms with Crippen LogP contribution in [-0.4, -0.2) is 25.2 Å². The highest BCUT2D eigenvalue weighted by atomic mass is 35.5. The molecule has 0 spiro atoms. The maximum Gasteiger partial charge on any atom is 0.245 e. The quantitative estimate of drug-likeness (QED) is 0.398. The van der Waals surface area contributed by atoms with Gasteiger partial charge in [-0.1, -0.05) is 65.7 Å². The summed E-state index contributed by atoms with van der Waals surface area (Å²) >= 11 is 12.3. The molecule has 0 bridgehead atoms. The van der Waals surface area contributed by atoms with E-state index >= 15 is 0 Å². The summed E-state index contributed by atoms with van der Waals surface area (Å²) in [6, 6.07) is 17.2. The molecule has 3 aromatic carbocycles. The second-order valence-electron chi connectivity index (χ2n) is 8.42. The van der Waals surface area contributed by atoms with Crippen LogP contribution in [0.25, 0.3) is 0 Å². The van der Waals surface area contributed by atoms with E-state index < -0.39 is 15.9 Å². The average molecular weight is 519 g/mol. The lowest BCUT2D eigenvalue weighted by molar-refractivity contribution is -0.122. The predicted molar refractivity (Wildman–Crippen MR) is 138 cm³/mol. The predicted octanol–water partition coefficient (Wildman–Crippen LogP) is 5.99. The Kier molecular flexibility index (Phi) is 8.42. The summed E-state index contributed by atoms with van der Waals surface area (Å²) in [4.78, 5) is 12.9. The zero-order valence-corrected chi connectivity index (χ0v) is 21.9. The zero-order chi connectivity index (χ0) is 25.0. The van der Waals surface area contributed by atoms with Crippen molar-refractivity contribution in [2.75, 3.05) is 6.54 Å². The first-order valence-electron chi connectivity index (χ1n) is 10.8. The minimum absolute atomic E-state index is 0.0104. The number of sulfonamides is 1. The van der Waals surface area contributed by atoms with Gasteiger partial charge in [0.05, 0.1) is 17.6 Å². The molecule has 1 N–H and O–H groups in total. The Labute approximate surface area is 211 Å². The monoisotopic (exact) mass is 518 g/mol. The van der Waals surface area contributed by atoms with Crippen molar-refractivity contribution in [3.8, 4) is 0 Å². The van der Waals surface area contributed by atoms with Gasteiger partial charge in [0.25, 0.3) is 0 Å². The van der Waals surface area contributed by atoms with Crippen LogP contribution in [0, 0.1) is 20.8 Å². The summed E-state index contributed by atoms with van der Waals surface area (Å²) < 4.78 is 28.2. The SMILES string of the molecule is Cc1cc(C)c(C(C)NC(=O)CN(Cc2ccccc2)S(=O)(=O)c2cc(Cl)ccc2Cl)cc1C. The fourth-order valence-electron chi connectivity index (χ4n) is 3.80. The number of aryl methyl sites for hydroxylation is 3.